The monoisotopic (exact) mass is 423 g/mol. The average molecular weight is 424 g/mol. The Balaban J connectivity index is 1.25. The number of hydrogen-bond donors (Lipinski definition) is 1. The zero-order valence-electron chi connectivity index (χ0n) is 19.1. The van der Waals surface area contributed by atoms with Gasteiger partial charge in [0.2, 0.25) is 0 Å². The number of hydrogen-bond acceptors (Lipinski definition) is 4. The summed E-state index contributed by atoms with van der Waals surface area (Å²) in [5, 5.41) is 23.8. The molecule has 0 bridgehead atoms. The summed E-state index contributed by atoms with van der Waals surface area (Å²) in [6.07, 6.45) is 14.8. The highest BCUT2D eigenvalue weighted by molar-refractivity contribution is 5.81. The van der Waals surface area contributed by atoms with E-state index in [1.165, 1.54) is 44.7 Å². The van der Waals surface area contributed by atoms with Crippen LogP contribution in [0.1, 0.15) is 83.6 Å². The molecule has 0 radical (unpaired) electrons. The van der Waals surface area contributed by atoms with Crippen LogP contribution in [-0.2, 0) is 11.3 Å². The maximum atomic E-state index is 13.0. The van der Waals surface area contributed by atoms with Crippen LogP contribution in [0.5, 0.6) is 0 Å². The van der Waals surface area contributed by atoms with Crippen LogP contribution in [0.2, 0.25) is 0 Å². The molecule has 5 rings (SSSR count). The predicted octanol–water partition coefficient (Wildman–Crippen LogP) is 4.73. The van der Waals surface area contributed by atoms with Gasteiger partial charge in [0, 0.05) is 12.1 Å². The molecule has 168 valence electrons. The minimum atomic E-state index is -0.446. The molecule has 4 fully saturated rings. The Labute approximate surface area is 186 Å². The van der Waals surface area contributed by atoms with Crippen LogP contribution in [-0.4, -0.2) is 26.3 Å². The molecular formula is C26H37N3O2. The van der Waals surface area contributed by atoms with Crippen molar-refractivity contribution in [3.05, 3.63) is 18.0 Å². The zero-order valence-corrected chi connectivity index (χ0v) is 19.1. The molecule has 1 N–H and O–H groups in total. The first-order chi connectivity index (χ1) is 14.8. The van der Waals surface area contributed by atoms with Gasteiger partial charge < -0.3 is 5.11 Å². The van der Waals surface area contributed by atoms with Gasteiger partial charge >= 0.3 is 0 Å². The Kier molecular flexibility index (Phi) is 5.28. The Bertz CT molecular complexity index is 883. The van der Waals surface area contributed by atoms with Crippen molar-refractivity contribution in [2.45, 2.75) is 90.2 Å². The van der Waals surface area contributed by atoms with E-state index in [9.17, 15) is 9.90 Å². The van der Waals surface area contributed by atoms with Gasteiger partial charge in [-0.2, -0.15) is 10.4 Å². The third-order valence-electron chi connectivity index (χ3n) is 9.83. The molecule has 0 amide bonds. The molecule has 1 unspecified atom stereocenters. The van der Waals surface area contributed by atoms with Crippen LogP contribution < -0.4 is 0 Å². The number of nitriles is 1. The summed E-state index contributed by atoms with van der Waals surface area (Å²) in [4.78, 5) is 13.0. The molecule has 8 atom stereocenters. The summed E-state index contributed by atoms with van der Waals surface area (Å²) in [6, 6.07) is 2.09. The van der Waals surface area contributed by atoms with Crippen LogP contribution in [0.25, 0.3) is 0 Å². The highest BCUT2D eigenvalue weighted by atomic mass is 16.3. The first-order valence-corrected chi connectivity index (χ1v) is 12.5. The molecule has 0 saturated heterocycles. The predicted molar refractivity (Wildman–Crippen MR) is 118 cm³/mol. The molecule has 0 aliphatic heterocycles. The van der Waals surface area contributed by atoms with Crippen LogP contribution in [0, 0.1) is 52.3 Å². The third-order valence-corrected chi connectivity index (χ3v) is 9.83. The fourth-order valence-electron chi connectivity index (χ4n) is 8.41. The van der Waals surface area contributed by atoms with Gasteiger partial charge in [0.15, 0.2) is 5.78 Å². The quantitative estimate of drug-likeness (QED) is 0.762. The summed E-state index contributed by atoms with van der Waals surface area (Å²) >= 11 is 0. The number of Topliss-reactive ketones (excluding diaryl/α,β-unsaturated/α-hetero) is 1. The van der Waals surface area contributed by atoms with Gasteiger partial charge in [-0.25, -0.2) is 0 Å². The van der Waals surface area contributed by atoms with Crippen molar-refractivity contribution in [3.63, 3.8) is 0 Å². The minimum Gasteiger partial charge on any atom is -0.390 e. The van der Waals surface area contributed by atoms with Gasteiger partial charge in [-0.3, -0.25) is 9.48 Å². The second kappa shape index (κ2) is 7.73. The van der Waals surface area contributed by atoms with E-state index in [4.69, 9.17) is 5.26 Å². The standard InChI is InChI=1S/C26H37N3O2/c1-25-9-7-21-20-8-10-26(2,31)12-18(20)3-5-22(21)23(25)6-4-19(11-25)24(30)16-29-15-17(13-27)14-28-29/h14-15,18-23,31H,3-12,16H2,1-2H3/t18-,19?,20+,21-,22-,23+,25+,26-/m1/s1. The molecule has 4 aliphatic rings. The van der Waals surface area contributed by atoms with Gasteiger partial charge in [0.1, 0.15) is 6.07 Å². The third kappa shape index (κ3) is 3.86. The number of carbonyl (C=O) groups is 1. The van der Waals surface area contributed by atoms with E-state index in [1.807, 2.05) is 6.92 Å². The molecule has 1 heterocycles. The molecule has 5 nitrogen and oxygen atoms in total. The van der Waals surface area contributed by atoms with Crippen molar-refractivity contribution in [3.8, 4) is 6.07 Å². The van der Waals surface area contributed by atoms with Gasteiger partial charge in [-0.05, 0) is 106 Å². The summed E-state index contributed by atoms with van der Waals surface area (Å²) in [6.45, 7) is 4.80. The number of nitrogens with zero attached hydrogens (tertiary/aromatic N) is 3. The Morgan fingerprint density at radius 1 is 1.13 bits per heavy atom. The van der Waals surface area contributed by atoms with Crippen LogP contribution in [0.3, 0.4) is 0 Å². The fraction of sp³-hybridized carbons (Fsp3) is 0.808. The lowest BCUT2D eigenvalue weighted by molar-refractivity contribution is -0.135. The largest absolute Gasteiger partial charge is 0.390 e. The van der Waals surface area contributed by atoms with Gasteiger partial charge in [0.05, 0.1) is 23.9 Å². The Morgan fingerprint density at radius 2 is 1.94 bits per heavy atom. The van der Waals surface area contributed by atoms with Crippen LogP contribution in [0.15, 0.2) is 12.4 Å². The average Bonchev–Trinajstić information content (AvgIpc) is 3.19. The highest BCUT2D eigenvalue weighted by Crippen LogP contribution is 2.62. The van der Waals surface area contributed by atoms with E-state index in [2.05, 4.69) is 18.1 Å². The zero-order chi connectivity index (χ0) is 21.8. The van der Waals surface area contributed by atoms with E-state index in [-0.39, 0.29) is 17.1 Å². The highest BCUT2D eigenvalue weighted by Gasteiger charge is 2.55. The van der Waals surface area contributed by atoms with Gasteiger partial charge in [0.25, 0.3) is 0 Å². The van der Waals surface area contributed by atoms with Crippen LogP contribution in [0.4, 0.5) is 0 Å². The number of aromatic nitrogens is 2. The summed E-state index contributed by atoms with van der Waals surface area (Å²) in [5.74, 6) is 4.38. The molecule has 31 heavy (non-hydrogen) atoms. The maximum absolute atomic E-state index is 13.0. The molecule has 0 spiro atoms. The fourth-order valence-corrected chi connectivity index (χ4v) is 8.41. The lowest BCUT2D eigenvalue weighted by atomic mass is 9.46. The summed E-state index contributed by atoms with van der Waals surface area (Å²) < 4.78 is 1.63. The first-order valence-electron chi connectivity index (χ1n) is 12.5. The van der Waals surface area contributed by atoms with Crippen LogP contribution >= 0.6 is 0 Å². The topological polar surface area (TPSA) is 78.9 Å². The van der Waals surface area contributed by atoms with Crippen molar-refractivity contribution in [2.75, 3.05) is 0 Å². The molecule has 4 saturated carbocycles. The van der Waals surface area contributed by atoms with Crippen molar-refractivity contribution in [1.82, 2.24) is 9.78 Å². The minimum absolute atomic E-state index is 0.133. The van der Waals surface area contributed by atoms with E-state index < -0.39 is 5.60 Å². The van der Waals surface area contributed by atoms with E-state index in [1.54, 1.807) is 10.9 Å². The molecule has 4 aliphatic carbocycles. The Hall–Kier alpha value is -1.67. The lowest BCUT2D eigenvalue weighted by Gasteiger charge is -2.59. The summed E-state index contributed by atoms with van der Waals surface area (Å²) in [7, 11) is 0. The van der Waals surface area contributed by atoms with E-state index >= 15 is 0 Å². The van der Waals surface area contributed by atoms with Gasteiger partial charge in [-0.1, -0.05) is 6.92 Å². The van der Waals surface area contributed by atoms with Gasteiger partial charge in [-0.15, -0.1) is 0 Å². The van der Waals surface area contributed by atoms with E-state index in [0.29, 0.717) is 12.1 Å². The lowest BCUT2D eigenvalue weighted by Crippen LogP contribution is -2.52. The molecule has 1 aromatic rings. The molecule has 0 aromatic carbocycles. The SMILES string of the molecule is C[C@@]1(O)CC[C@H]2[C@H](CC[C@@H]3[C@@H]2CC[C@@]2(C)CC(C(=O)Cn4cc(C#N)cn4)CC[C@@H]32)C1. The second-order valence-corrected chi connectivity index (χ2v) is 11.9. The molecule has 1 aromatic heterocycles. The maximum Gasteiger partial charge on any atom is 0.157 e. The smallest absolute Gasteiger partial charge is 0.157 e. The van der Waals surface area contributed by atoms with Crippen molar-refractivity contribution >= 4 is 5.78 Å². The molecule has 5 heteroatoms. The Morgan fingerprint density at radius 3 is 2.71 bits per heavy atom. The van der Waals surface area contributed by atoms with Crippen molar-refractivity contribution < 1.29 is 9.90 Å². The van der Waals surface area contributed by atoms with E-state index in [0.717, 1.165) is 55.3 Å². The number of ketones is 1. The number of aliphatic hydroxyl groups is 1. The van der Waals surface area contributed by atoms with Crippen molar-refractivity contribution in [2.24, 2.45) is 40.9 Å². The number of rotatable bonds is 3. The number of fused-ring (bicyclic) bond motifs is 5. The second-order valence-electron chi connectivity index (χ2n) is 11.9. The van der Waals surface area contributed by atoms with Crippen molar-refractivity contribution in [1.29, 1.82) is 5.26 Å². The molecular weight excluding hydrogens is 386 g/mol. The number of carbonyl (C=O) groups excluding carboxylic acids is 1. The normalized spacial score (nSPS) is 44.5. The first kappa shape index (κ1) is 21.2. The summed E-state index contributed by atoms with van der Waals surface area (Å²) in [5.41, 5.74) is 0.356.